The van der Waals surface area contributed by atoms with Gasteiger partial charge in [-0.2, -0.15) is 17.0 Å². The molecule has 2 saturated heterocycles. The quantitative estimate of drug-likeness (QED) is 0.807. The van der Waals surface area contributed by atoms with E-state index in [0.717, 1.165) is 25.7 Å². The molecule has 2 atom stereocenters. The van der Waals surface area contributed by atoms with Gasteiger partial charge in [0.15, 0.2) is 0 Å². The molecule has 116 valence electrons. The third-order valence-corrected chi connectivity index (χ3v) is 6.29. The van der Waals surface area contributed by atoms with E-state index in [4.69, 9.17) is 0 Å². The predicted octanol–water partition coefficient (Wildman–Crippen LogP) is 0.564. The van der Waals surface area contributed by atoms with Crippen molar-refractivity contribution in [1.82, 2.24) is 13.9 Å². The van der Waals surface area contributed by atoms with Crippen molar-refractivity contribution in [2.45, 2.75) is 45.1 Å². The summed E-state index contributed by atoms with van der Waals surface area (Å²) in [6, 6.07) is 0.156. The first-order valence-electron chi connectivity index (χ1n) is 7.46. The van der Waals surface area contributed by atoms with E-state index < -0.39 is 10.2 Å². The van der Waals surface area contributed by atoms with Crippen molar-refractivity contribution in [3.05, 3.63) is 0 Å². The van der Waals surface area contributed by atoms with Crippen LogP contribution in [0.4, 0.5) is 0 Å². The number of nitrogens with one attached hydrogen (secondary N) is 1. The number of piperidine rings is 2. The Bertz CT molecular complexity index is 452. The molecule has 6 nitrogen and oxygen atoms in total. The summed E-state index contributed by atoms with van der Waals surface area (Å²) in [5.74, 6) is 0.360. The van der Waals surface area contributed by atoms with Crippen LogP contribution >= 0.6 is 0 Å². The van der Waals surface area contributed by atoms with Crippen LogP contribution in [0.15, 0.2) is 0 Å². The minimum absolute atomic E-state index is 0.0996. The maximum absolute atomic E-state index is 12.5. The molecule has 1 amide bonds. The number of hydrogen-bond donors (Lipinski definition) is 1. The summed E-state index contributed by atoms with van der Waals surface area (Å²) in [6.07, 6.45) is 3.89. The molecule has 2 fully saturated rings. The minimum Gasteiger partial charge on any atom is -0.353 e. The lowest BCUT2D eigenvalue weighted by atomic mass is 9.86. The van der Waals surface area contributed by atoms with Crippen molar-refractivity contribution in [2.75, 3.05) is 26.7 Å². The molecule has 0 aliphatic carbocycles. The number of carbonyl (C=O) groups excluding carboxylic acids is 1. The Morgan fingerprint density at radius 1 is 1.40 bits per heavy atom. The molecule has 2 unspecified atom stereocenters. The van der Waals surface area contributed by atoms with Crippen LogP contribution in [-0.4, -0.2) is 55.7 Å². The molecule has 1 N–H and O–H groups in total. The van der Waals surface area contributed by atoms with Gasteiger partial charge in [0.1, 0.15) is 0 Å². The highest BCUT2D eigenvalue weighted by atomic mass is 32.2. The molecule has 2 rings (SSSR count). The van der Waals surface area contributed by atoms with Crippen molar-refractivity contribution < 1.29 is 13.2 Å². The maximum atomic E-state index is 12.5. The smallest absolute Gasteiger partial charge is 0.281 e. The summed E-state index contributed by atoms with van der Waals surface area (Å²) < 4.78 is 28.0. The van der Waals surface area contributed by atoms with Crippen LogP contribution in [0.1, 0.15) is 39.0 Å². The van der Waals surface area contributed by atoms with Gasteiger partial charge < -0.3 is 5.32 Å². The third-order valence-electron chi connectivity index (χ3n) is 4.33. The van der Waals surface area contributed by atoms with Gasteiger partial charge in [-0.1, -0.05) is 13.3 Å². The van der Waals surface area contributed by atoms with E-state index in [2.05, 4.69) is 12.2 Å². The lowest BCUT2D eigenvalue weighted by molar-refractivity contribution is -0.124. The Kier molecular flexibility index (Phi) is 5.04. The fourth-order valence-corrected chi connectivity index (χ4v) is 4.45. The number of amides is 1. The second-order valence-corrected chi connectivity index (χ2v) is 7.84. The van der Waals surface area contributed by atoms with Crippen molar-refractivity contribution in [2.24, 2.45) is 5.92 Å². The fourth-order valence-electron chi connectivity index (χ4n) is 2.98. The highest BCUT2D eigenvalue weighted by Crippen LogP contribution is 2.27. The summed E-state index contributed by atoms with van der Waals surface area (Å²) in [5.41, 5.74) is 0. The Morgan fingerprint density at radius 3 is 2.85 bits per heavy atom. The largest absolute Gasteiger partial charge is 0.353 e. The number of hydrogen-bond acceptors (Lipinski definition) is 3. The average Bonchev–Trinajstić information content (AvgIpc) is 2.43. The van der Waals surface area contributed by atoms with Gasteiger partial charge in [-0.25, -0.2) is 0 Å². The van der Waals surface area contributed by atoms with Gasteiger partial charge in [0.05, 0.1) is 0 Å². The SMILES string of the molecule is CCCCN(C)S(=O)(=O)N1CCC2NC(=O)CCC2C1. The summed E-state index contributed by atoms with van der Waals surface area (Å²) in [4.78, 5) is 11.4. The van der Waals surface area contributed by atoms with E-state index in [-0.39, 0.29) is 17.9 Å². The van der Waals surface area contributed by atoms with Crippen LogP contribution < -0.4 is 5.32 Å². The number of nitrogens with zero attached hydrogens (tertiary/aromatic N) is 2. The monoisotopic (exact) mass is 303 g/mol. The van der Waals surface area contributed by atoms with Gasteiger partial charge in [0, 0.05) is 39.1 Å². The Morgan fingerprint density at radius 2 is 2.15 bits per heavy atom. The highest BCUT2D eigenvalue weighted by molar-refractivity contribution is 7.86. The molecule has 2 heterocycles. The molecule has 0 aromatic rings. The molecule has 0 aromatic heterocycles. The van der Waals surface area contributed by atoms with Gasteiger partial charge in [0.2, 0.25) is 5.91 Å². The van der Waals surface area contributed by atoms with Gasteiger partial charge in [-0.3, -0.25) is 4.79 Å². The first-order valence-corrected chi connectivity index (χ1v) is 8.85. The summed E-state index contributed by atoms with van der Waals surface area (Å²) >= 11 is 0. The van der Waals surface area contributed by atoms with Crippen LogP contribution in [0.25, 0.3) is 0 Å². The van der Waals surface area contributed by atoms with Crippen LogP contribution in [0.3, 0.4) is 0 Å². The average molecular weight is 303 g/mol. The Balaban J connectivity index is 1.98. The first-order chi connectivity index (χ1) is 9.45. The zero-order chi connectivity index (χ0) is 14.8. The maximum Gasteiger partial charge on any atom is 0.281 e. The van der Waals surface area contributed by atoms with Crippen molar-refractivity contribution in [1.29, 1.82) is 0 Å². The third kappa shape index (κ3) is 3.32. The van der Waals surface area contributed by atoms with E-state index in [0.29, 0.717) is 26.1 Å². The molecular formula is C13H25N3O3S. The van der Waals surface area contributed by atoms with E-state index in [1.54, 1.807) is 11.4 Å². The zero-order valence-corrected chi connectivity index (χ0v) is 13.2. The lowest BCUT2D eigenvalue weighted by Crippen LogP contribution is -2.56. The molecular weight excluding hydrogens is 278 g/mol. The number of unbranched alkanes of at least 4 members (excludes halogenated alkanes) is 1. The van der Waals surface area contributed by atoms with E-state index in [9.17, 15) is 13.2 Å². The second kappa shape index (κ2) is 6.41. The van der Waals surface area contributed by atoms with Crippen molar-refractivity contribution in [3.8, 4) is 0 Å². The molecule has 0 radical (unpaired) electrons. The molecule has 2 aliphatic heterocycles. The van der Waals surface area contributed by atoms with Gasteiger partial charge in [0.25, 0.3) is 10.2 Å². The fraction of sp³-hybridized carbons (Fsp3) is 0.923. The van der Waals surface area contributed by atoms with E-state index >= 15 is 0 Å². The summed E-state index contributed by atoms with van der Waals surface area (Å²) in [7, 11) is -1.69. The normalized spacial score (nSPS) is 28.2. The van der Waals surface area contributed by atoms with E-state index in [1.165, 1.54) is 4.31 Å². The molecule has 2 aliphatic rings. The molecule has 7 heteroatoms. The predicted molar refractivity (Wildman–Crippen MR) is 77.3 cm³/mol. The Hall–Kier alpha value is -0.660. The lowest BCUT2D eigenvalue weighted by Gasteiger charge is -2.41. The molecule has 0 spiro atoms. The van der Waals surface area contributed by atoms with Crippen LogP contribution in [0.2, 0.25) is 0 Å². The number of fused-ring (bicyclic) bond motifs is 1. The Labute approximate surface area is 121 Å². The number of carbonyl (C=O) groups is 1. The second-order valence-electron chi connectivity index (χ2n) is 5.80. The van der Waals surface area contributed by atoms with Crippen molar-refractivity contribution in [3.63, 3.8) is 0 Å². The van der Waals surface area contributed by atoms with Gasteiger partial charge >= 0.3 is 0 Å². The molecule has 20 heavy (non-hydrogen) atoms. The zero-order valence-electron chi connectivity index (χ0n) is 12.3. The number of rotatable bonds is 5. The topological polar surface area (TPSA) is 69.7 Å². The summed E-state index contributed by atoms with van der Waals surface area (Å²) in [5, 5.41) is 2.98. The highest BCUT2D eigenvalue weighted by Gasteiger charge is 2.38. The van der Waals surface area contributed by atoms with E-state index in [1.807, 2.05) is 0 Å². The standard InChI is InChI=1S/C13H25N3O3S/c1-3-4-8-15(2)20(18,19)16-9-7-12-11(10-16)5-6-13(17)14-12/h11-12H,3-10H2,1-2H3,(H,14,17). The van der Waals surface area contributed by atoms with Crippen LogP contribution in [0.5, 0.6) is 0 Å². The van der Waals surface area contributed by atoms with Gasteiger partial charge in [-0.05, 0) is 25.2 Å². The minimum atomic E-state index is -3.34. The molecule has 0 saturated carbocycles. The molecule has 0 bridgehead atoms. The molecule has 0 aromatic carbocycles. The van der Waals surface area contributed by atoms with Crippen LogP contribution in [0, 0.1) is 5.92 Å². The van der Waals surface area contributed by atoms with Gasteiger partial charge in [-0.15, -0.1) is 0 Å². The van der Waals surface area contributed by atoms with Crippen molar-refractivity contribution >= 4 is 16.1 Å². The first kappa shape index (κ1) is 15.7. The summed E-state index contributed by atoms with van der Waals surface area (Å²) in [6.45, 7) is 3.65. The van der Waals surface area contributed by atoms with Crippen LogP contribution in [-0.2, 0) is 15.0 Å².